The minimum absolute atomic E-state index is 0.0303. The number of anilines is 1. The van der Waals surface area contributed by atoms with E-state index in [2.05, 4.69) is 22.0 Å². The molecule has 2 amide bonds. The Balaban J connectivity index is 1.02. The van der Waals surface area contributed by atoms with E-state index in [0.717, 1.165) is 43.5 Å². The number of ether oxygens (including phenoxy) is 1. The molecule has 4 fully saturated rings. The van der Waals surface area contributed by atoms with E-state index in [4.69, 9.17) is 16.3 Å². The van der Waals surface area contributed by atoms with Gasteiger partial charge < -0.3 is 24.6 Å². The predicted octanol–water partition coefficient (Wildman–Crippen LogP) is 5.57. The van der Waals surface area contributed by atoms with E-state index in [0.29, 0.717) is 49.9 Å². The van der Waals surface area contributed by atoms with Gasteiger partial charge in [-0.2, -0.15) is 0 Å². The number of likely N-dealkylation sites (tertiary alicyclic amines) is 1. The van der Waals surface area contributed by atoms with Crippen LogP contribution in [0.25, 0.3) is 10.9 Å². The number of hydrogen-bond acceptors (Lipinski definition) is 6. The van der Waals surface area contributed by atoms with Gasteiger partial charge in [-0.25, -0.2) is 4.39 Å². The van der Waals surface area contributed by atoms with Crippen molar-refractivity contribution in [2.24, 2.45) is 13.0 Å². The van der Waals surface area contributed by atoms with Gasteiger partial charge in [-0.15, -0.1) is 0 Å². The van der Waals surface area contributed by atoms with Crippen LogP contribution in [0, 0.1) is 11.7 Å². The monoisotopic (exact) mass is 707 g/mol. The number of fused-ring (bicyclic) bond motifs is 1. The lowest BCUT2D eigenvalue weighted by Crippen LogP contribution is -2.54. The molecule has 2 aromatic carbocycles. The first-order valence-electron chi connectivity index (χ1n) is 18.0. The Morgan fingerprint density at radius 3 is 2.48 bits per heavy atom. The minimum Gasteiger partial charge on any atom is -0.481 e. The van der Waals surface area contributed by atoms with Crippen LogP contribution in [0.5, 0.6) is 0 Å². The number of hydrogen-bond donors (Lipinski definition) is 2. The van der Waals surface area contributed by atoms with Crippen LogP contribution < -0.4 is 5.32 Å². The molecule has 268 valence electrons. The van der Waals surface area contributed by atoms with Crippen molar-refractivity contribution in [2.45, 2.75) is 82.0 Å². The summed E-state index contributed by atoms with van der Waals surface area (Å²) in [5.74, 6) is -2.27. The number of carbonyl (C=O) groups is 3. The first-order valence-corrected chi connectivity index (χ1v) is 18.3. The Morgan fingerprint density at radius 2 is 1.78 bits per heavy atom. The molecule has 2 saturated heterocycles. The van der Waals surface area contributed by atoms with Gasteiger partial charge in [-0.3, -0.25) is 24.2 Å². The van der Waals surface area contributed by atoms with Crippen LogP contribution in [0.1, 0.15) is 67.8 Å². The highest BCUT2D eigenvalue weighted by molar-refractivity contribution is 6.34. The van der Waals surface area contributed by atoms with Crippen molar-refractivity contribution in [3.05, 3.63) is 64.6 Å². The molecule has 7 rings (SSSR count). The average Bonchev–Trinajstić information content (AvgIpc) is 3.57. The molecule has 2 aliphatic heterocycles. The number of carboxylic acids is 1. The molecule has 0 unspecified atom stereocenters. The van der Waals surface area contributed by atoms with Gasteiger partial charge in [0.2, 0.25) is 5.91 Å². The lowest BCUT2D eigenvalue weighted by atomic mass is 9.87. The van der Waals surface area contributed by atoms with Crippen molar-refractivity contribution in [1.29, 1.82) is 0 Å². The topological polar surface area (TPSA) is 107 Å². The number of aryl methyl sites for hydroxylation is 1. The van der Waals surface area contributed by atoms with Crippen LogP contribution >= 0.6 is 11.6 Å². The molecule has 3 heterocycles. The molecule has 2 N–H and O–H groups in total. The van der Waals surface area contributed by atoms with E-state index in [1.807, 2.05) is 40.8 Å². The smallest absolute Gasteiger partial charge is 0.306 e. The number of aromatic nitrogens is 1. The highest BCUT2D eigenvalue weighted by Crippen LogP contribution is 2.42. The Morgan fingerprint density at radius 1 is 1.06 bits per heavy atom. The number of amides is 2. The van der Waals surface area contributed by atoms with Crippen molar-refractivity contribution >= 4 is 46.0 Å². The SMILES string of the molecule is Cn1cc(C(=O)Nc2cc(F)c(CC(=O)N3C[C@@H](N4CCN(C5(C)CC5)CC4)C[C@H]3CO[C@H]3CC[C@H](C(=O)O)CC3)cc2Cl)c2ccccc21. The first kappa shape index (κ1) is 34.9. The Hall–Kier alpha value is -3.51. The molecule has 1 aromatic heterocycles. The summed E-state index contributed by atoms with van der Waals surface area (Å²) >= 11 is 6.59. The van der Waals surface area contributed by atoms with E-state index < -0.39 is 17.7 Å². The van der Waals surface area contributed by atoms with Gasteiger partial charge in [0.15, 0.2) is 0 Å². The third-order valence-corrected chi connectivity index (χ3v) is 12.0. The third-order valence-electron chi connectivity index (χ3n) is 11.7. The van der Waals surface area contributed by atoms with Crippen LogP contribution in [0.15, 0.2) is 42.6 Å². The number of rotatable bonds is 10. The van der Waals surface area contributed by atoms with Gasteiger partial charge in [0, 0.05) is 68.5 Å². The number of para-hydroxylation sites is 1. The summed E-state index contributed by atoms with van der Waals surface area (Å²) in [4.78, 5) is 45.5. The van der Waals surface area contributed by atoms with Crippen molar-refractivity contribution in [1.82, 2.24) is 19.3 Å². The molecule has 2 aliphatic carbocycles. The molecule has 0 bridgehead atoms. The Labute approximate surface area is 297 Å². The fraction of sp³-hybridized carbons (Fsp3) is 0.553. The molecule has 50 heavy (non-hydrogen) atoms. The molecule has 0 spiro atoms. The van der Waals surface area contributed by atoms with Crippen molar-refractivity contribution < 1.29 is 28.6 Å². The number of carbonyl (C=O) groups excluding carboxylic acids is 2. The first-order chi connectivity index (χ1) is 24.0. The van der Waals surface area contributed by atoms with E-state index in [1.165, 1.54) is 25.0 Å². The number of aliphatic carboxylic acids is 1. The standard InChI is InChI=1S/C38H47ClFN5O5/c1-38(11-12-38)44-15-13-43(14-16-44)26-19-27(23-50-28-9-7-24(8-10-28)37(48)49)45(21-26)35(46)18-25-17-31(39)33(20-32(25)40)41-36(47)30-22-42(2)34-6-4-3-5-29(30)34/h3-6,17,20,22,24,26-28H,7-16,18-19,21,23H2,1-2H3,(H,41,47)(H,48,49)/t24-,26-,27-,28-/m0/s1. The summed E-state index contributed by atoms with van der Waals surface area (Å²) in [6, 6.07) is 10.2. The second-order valence-electron chi connectivity index (χ2n) is 15.0. The van der Waals surface area contributed by atoms with Crippen LogP contribution in [-0.2, 0) is 27.8 Å². The number of nitrogens with zero attached hydrogens (tertiary/aromatic N) is 4. The Bertz CT molecular complexity index is 1760. The second-order valence-corrected chi connectivity index (χ2v) is 15.4. The molecule has 0 radical (unpaired) electrons. The summed E-state index contributed by atoms with van der Waals surface area (Å²) in [7, 11) is 1.86. The molecule has 2 atom stereocenters. The van der Waals surface area contributed by atoms with E-state index in [1.54, 1.807) is 6.20 Å². The normalized spacial score (nSPS) is 25.6. The average molecular weight is 708 g/mol. The quantitative estimate of drug-likeness (QED) is 0.284. The summed E-state index contributed by atoms with van der Waals surface area (Å²) in [5.41, 5.74) is 2.01. The second kappa shape index (κ2) is 14.3. The minimum atomic E-state index is -0.748. The zero-order valence-electron chi connectivity index (χ0n) is 28.9. The maximum atomic E-state index is 15.6. The highest BCUT2D eigenvalue weighted by Gasteiger charge is 2.46. The van der Waals surface area contributed by atoms with Gasteiger partial charge in [-0.1, -0.05) is 29.8 Å². The van der Waals surface area contributed by atoms with Crippen molar-refractivity contribution in [2.75, 3.05) is 44.6 Å². The van der Waals surface area contributed by atoms with Gasteiger partial charge in [0.05, 0.1) is 47.4 Å². The number of nitrogens with one attached hydrogen (secondary N) is 1. The summed E-state index contributed by atoms with van der Waals surface area (Å²) in [5, 5.41) is 13.1. The van der Waals surface area contributed by atoms with E-state index in [9.17, 15) is 19.5 Å². The van der Waals surface area contributed by atoms with Crippen LogP contribution in [-0.4, -0.2) is 105 Å². The van der Waals surface area contributed by atoms with Crippen LogP contribution in [0.3, 0.4) is 0 Å². The van der Waals surface area contributed by atoms with Gasteiger partial charge in [0.1, 0.15) is 5.82 Å². The molecule has 2 saturated carbocycles. The van der Waals surface area contributed by atoms with Gasteiger partial charge in [-0.05, 0) is 75.6 Å². The highest BCUT2D eigenvalue weighted by atomic mass is 35.5. The molecular weight excluding hydrogens is 661 g/mol. The summed E-state index contributed by atoms with van der Waals surface area (Å²) in [6.07, 6.45) is 7.39. The maximum absolute atomic E-state index is 15.6. The zero-order chi connectivity index (χ0) is 35.2. The summed E-state index contributed by atoms with van der Waals surface area (Å²) < 4.78 is 23.8. The van der Waals surface area contributed by atoms with E-state index >= 15 is 4.39 Å². The fourth-order valence-electron chi connectivity index (χ4n) is 8.26. The largest absolute Gasteiger partial charge is 0.481 e. The molecular formula is C38H47ClFN5O5. The van der Waals surface area contributed by atoms with Crippen molar-refractivity contribution in [3.63, 3.8) is 0 Å². The summed E-state index contributed by atoms with van der Waals surface area (Å²) in [6.45, 7) is 7.18. The number of piperazine rings is 1. The van der Waals surface area contributed by atoms with Gasteiger partial charge >= 0.3 is 5.97 Å². The lowest BCUT2D eigenvalue weighted by molar-refractivity contribution is -0.144. The Kier molecular flexibility index (Phi) is 9.95. The molecule has 12 heteroatoms. The molecule has 10 nitrogen and oxygen atoms in total. The van der Waals surface area contributed by atoms with Crippen LogP contribution in [0.4, 0.5) is 10.1 Å². The number of benzene rings is 2. The maximum Gasteiger partial charge on any atom is 0.306 e. The molecule has 4 aliphatic rings. The predicted molar refractivity (Wildman–Crippen MR) is 190 cm³/mol. The van der Waals surface area contributed by atoms with Crippen LogP contribution in [0.2, 0.25) is 5.02 Å². The molecule has 3 aromatic rings. The fourth-order valence-corrected chi connectivity index (χ4v) is 8.50. The number of carboxylic acid groups (broad SMARTS) is 1. The lowest BCUT2D eigenvalue weighted by Gasteiger charge is -2.40. The van der Waals surface area contributed by atoms with Crippen molar-refractivity contribution in [3.8, 4) is 0 Å². The third kappa shape index (κ3) is 7.28. The van der Waals surface area contributed by atoms with Gasteiger partial charge in [0.25, 0.3) is 5.91 Å². The number of halogens is 2. The van der Waals surface area contributed by atoms with E-state index in [-0.39, 0.29) is 52.7 Å². The zero-order valence-corrected chi connectivity index (χ0v) is 29.6.